The minimum atomic E-state index is -0.505. The van der Waals surface area contributed by atoms with Crippen molar-refractivity contribution in [3.05, 3.63) is 35.4 Å². The molecule has 0 bridgehead atoms. The highest BCUT2D eigenvalue weighted by molar-refractivity contribution is 6.03. The number of ether oxygens (including phenoxy) is 3. The Morgan fingerprint density at radius 3 is 2.25 bits per heavy atom. The van der Waals surface area contributed by atoms with Crippen LogP contribution in [-0.4, -0.2) is 38.4 Å². The fourth-order valence-electron chi connectivity index (χ4n) is 2.11. The van der Waals surface area contributed by atoms with Crippen LogP contribution in [0, 0.1) is 5.92 Å². The van der Waals surface area contributed by atoms with Crippen LogP contribution in [0.2, 0.25) is 0 Å². The van der Waals surface area contributed by atoms with Crippen LogP contribution in [0.15, 0.2) is 24.3 Å². The second-order valence-electron chi connectivity index (χ2n) is 5.90. The van der Waals surface area contributed by atoms with Crippen LogP contribution in [0.1, 0.15) is 60.7 Å². The number of carbonyl (C=O) groups excluding carboxylic acids is 2. The average molecular weight is 336 g/mol. The van der Waals surface area contributed by atoms with E-state index in [0.717, 1.165) is 19.3 Å². The van der Waals surface area contributed by atoms with Gasteiger partial charge in [0, 0.05) is 13.7 Å². The summed E-state index contributed by atoms with van der Waals surface area (Å²) >= 11 is 0. The summed E-state index contributed by atoms with van der Waals surface area (Å²) in [5.41, 5.74) is 0.486. The molecule has 1 rings (SSSR count). The molecule has 134 valence electrons. The number of hydrogen-bond acceptors (Lipinski definition) is 5. The van der Waals surface area contributed by atoms with Crippen molar-refractivity contribution in [1.29, 1.82) is 0 Å². The van der Waals surface area contributed by atoms with E-state index in [0.29, 0.717) is 13.2 Å². The van der Waals surface area contributed by atoms with Crippen LogP contribution >= 0.6 is 0 Å². The van der Waals surface area contributed by atoms with E-state index in [1.807, 2.05) is 20.8 Å². The van der Waals surface area contributed by atoms with Gasteiger partial charge >= 0.3 is 11.9 Å². The van der Waals surface area contributed by atoms with E-state index in [9.17, 15) is 9.59 Å². The molecule has 2 unspecified atom stereocenters. The molecule has 0 radical (unpaired) electrons. The van der Waals surface area contributed by atoms with Gasteiger partial charge in [0.1, 0.15) is 6.10 Å². The highest BCUT2D eigenvalue weighted by Gasteiger charge is 2.22. The van der Waals surface area contributed by atoms with Crippen LogP contribution in [0.3, 0.4) is 0 Å². The van der Waals surface area contributed by atoms with Crippen LogP contribution in [0.4, 0.5) is 0 Å². The second-order valence-corrected chi connectivity index (χ2v) is 5.90. The molecule has 2 atom stereocenters. The highest BCUT2D eigenvalue weighted by Crippen LogP contribution is 2.17. The van der Waals surface area contributed by atoms with Crippen molar-refractivity contribution >= 4 is 11.9 Å². The molecular formula is C19H28O5. The lowest BCUT2D eigenvalue weighted by atomic mass is 10.0. The van der Waals surface area contributed by atoms with Gasteiger partial charge in [-0.05, 0) is 37.8 Å². The molecule has 0 spiro atoms. The van der Waals surface area contributed by atoms with E-state index in [1.54, 1.807) is 31.4 Å². The lowest BCUT2D eigenvalue weighted by Crippen LogP contribution is -2.24. The zero-order valence-corrected chi connectivity index (χ0v) is 15.0. The van der Waals surface area contributed by atoms with E-state index in [-0.39, 0.29) is 23.1 Å². The maximum absolute atomic E-state index is 12.4. The molecular weight excluding hydrogens is 308 g/mol. The van der Waals surface area contributed by atoms with Crippen LogP contribution in [0.5, 0.6) is 0 Å². The van der Waals surface area contributed by atoms with Crippen molar-refractivity contribution in [3.63, 3.8) is 0 Å². The average Bonchev–Trinajstić information content (AvgIpc) is 2.59. The maximum Gasteiger partial charge on any atom is 0.339 e. The predicted molar refractivity (Wildman–Crippen MR) is 92.2 cm³/mol. The molecule has 5 nitrogen and oxygen atoms in total. The fourth-order valence-corrected chi connectivity index (χ4v) is 2.11. The first-order valence-corrected chi connectivity index (χ1v) is 8.47. The first kappa shape index (κ1) is 20.2. The third-order valence-electron chi connectivity index (χ3n) is 3.97. The molecule has 0 saturated heterocycles. The number of carbonyl (C=O) groups is 2. The van der Waals surface area contributed by atoms with Gasteiger partial charge in [-0.3, -0.25) is 0 Å². The molecule has 0 aliphatic heterocycles. The van der Waals surface area contributed by atoms with Crippen molar-refractivity contribution in [2.75, 3.05) is 20.3 Å². The summed E-state index contributed by atoms with van der Waals surface area (Å²) in [7, 11) is 1.64. The van der Waals surface area contributed by atoms with Crippen molar-refractivity contribution in [1.82, 2.24) is 0 Å². The van der Waals surface area contributed by atoms with E-state index in [4.69, 9.17) is 14.2 Å². The molecule has 0 fully saturated rings. The van der Waals surface area contributed by atoms with Gasteiger partial charge in [-0.15, -0.1) is 0 Å². The van der Waals surface area contributed by atoms with E-state index < -0.39 is 11.9 Å². The second kappa shape index (κ2) is 10.8. The van der Waals surface area contributed by atoms with Gasteiger partial charge in [-0.2, -0.15) is 0 Å². The summed E-state index contributed by atoms with van der Waals surface area (Å²) in [4.78, 5) is 24.6. The zero-order valence-electron chi connectivity index (χ0n) is 15.0. The number of hydrogen-bond donors (Lipinski definition) is 0. The third-order valence-corrected chi connectivity index (χ3v) is 3.97. The Hall–Kier alpha value is -1.88. The Bertz CT molecular complexity index is 526. The van der Waals surface area contributed by atoms with Gasteiger partial charge < -0.3 is 14.2 Å². The predicted octanol–water partition coefficient (Wildman–Crippen LogP) is 3.86. The van der Waals surface area contributed by atoms with Crippen molar-refractivity contribution < 1.29 is 23.8 Å². The van der Waals surface area contributed by atoms with Gasteiger partial charge in [0.25, 0.3) is 0 Å². The van der Waals surface area contributed by atoms with Gasteiger partial charge in [-0.1, -0.05) is 32.4 Å². The molecule has 1 aromatic carbocycles. The molecule has 0 heterocycles. The fraction of sp³-hybridized carbons (Fsp3) is 0.579. The molecule has 5 heteroatoms. The summed E-state index contributed by atoms with van der Waals surface area (Å²) in [5.74, 6) is -0.830. The number of unbranched alkanes of at least 4 members (excludes halogenated alkanes) is 1. The Morgan fingerprint density at radius 2 is 1.67 bits per heavy atom. The first-order valence-electron chi connectivity index (χ1n) is 8.47. The van der Waals surface area contributed by atoms with Crippen LogP contribution < -0.4 is 0 Å². The minimum absolute atomic E-state index is 0.164. The zero-order chi connectivity index (χ0) is 17.9. The summed E-state index contributed by atoms with van der Waals surface area (Å²) in [6, 6.07) is 6.59. The molecule has 0 saturated carbocycles. The van der Waals surface area contributed by atoms with Gasteiger partial charge in [0.15, 0.2) is 0 Å². The van der Waals surface area contributed by atoms with Crippen molar-refractivity contribution in [2.24, 2.45) is 5.92 Å². The third kappa shape index (κ3) is 6.32. The van der Waals surface area contributed by atoms with Crippen molar-refractivity contribution in [2.45, 2.75) is 46.1 Å². The highest BCUT2D eigenvalue weighted by atomic mass is 16.5. The quantitative estimate of drug-likeness (QED) is 0.479. The number of esters is 2. The van der Waals surface area contributed by atoms with Gasteiger partial charge in [-0.25, -0.2) is 9.59 Å². The standard InChI is InChI=1S/C19H28O5/c1-5-6-12-23-18(20)16-9-7-8-10-17(16)19(21)24-15(3)14(2)11-13-22-4/h7-10,14-15H,5-6,11-13H2,1-4H3. The monoisotopic (exact) mass is 336 g/mol. The summed E-state index contributed by atoms with van der Waals surface area (Å²) < 4.78 is 15.8. The largest absolute Gasteiger partial charge is 0.462 e. The summed E-state index contributed by atoms with van der Waals surface area (Å²) in [6.07, 6.45) is 2.27. The SMILES string of the molecule is CCCCOC(=O)c1ccccc1C(=O)OC(C)C(C)CCOC. The number of rotatable bonds is 10. The van der Waals surface area contributed by atoms with Gasteiger partial charge in [0.05, 0.1) is 17.7 Å². The Labute approximate surface area is 144 Å². The molecule has 0 aromatic heterocycles. The molecule has 0 amide bonds. The molecule has 0 aliphatic rings. The van der Waals surface area contributed by atoms with Crippen LogP contribution in [-0.2, 0) is 14.2 Å². The number of benzene rings is 1. The Balaban J connectivity index is 2.75. The van der Waals surface area contributed by atoms with E-state index in [2.05, 4.69) is 0 Å². The first-order chi connectivity index (χ1) is 11.5. The summed E-state index contributed by atoms with van der Waals surface area (Å²) in [6.45, 7) is 6.83. The Morgan fingerprint density at radius 1 is 1.04 bits per heavy atom. The topological polar surface area (TPSA) is 61.8 Å². The van der Waals surface area contributed by atoms with Crippen molar-refractivity contribution in [3.8, 4) is 0 Å². The lowest BCUT2D eigenvalue weighted by Gasteiger charge is -2.20. The number of methoxy groups -OCH3 is 1. The lowest BCUT2D eigenvalue weighted by molar-refractivity contribution is 0.0168. The molecule has 0 aliphatic carbocycles. The van der Waals surface area contributed by atoms with E-state index >= 15 is 0 Å². The minimum Gasteiger partial charge on any atom is -0.462 e. The summed E-state index contributed by atoms with van der Waals surface area (Å²) in [5, 5.41) is 0. The van der Waals surface area contributed by atoms with Crippen LogP contribution in [0.25, 0.3) is 0 Å². The normalized spacial score (nSPS) is 13.2. The van der Waals surface area contributed by atoms with E-state index in [1.165, 1.54) is 0 Å². The molecule has 24 heavy (non-hydrogen) atoms. The molecule has 1 aromatic rings. The molecule has 0 N–H and O–H groups in total. The Kier molecular flexibility index (Phi) is 9.08. The van der Waals surface area contributed by atoms with Gasteiger partial charge in [0.2, 0.25) is 0 Å². The smallest absolute Gasteiger partial charge is 0.339 e. The maximum atomic E-state index is 12.4.